The predicted octanol–water partition coefficient (Wildman–Crippen LogP) is 2.27. The highest BCUT2D eigenvalue weighted by atomic mass is 16.3. The van der Waals surface area contributed by atoms with Crippen LogP contribution in [0.2, 0.25) is 0 Å². The number of aromatic nitrogens is 2. The quantitative estimate of drug-likeness (QED) is 0.775. The molecule has 1 atom stereocenters. The maximum Gasteiger partial charge on any atom is 0.214 e. The third-order valence-electron chi connectivity index (χ3n) is 2.38. The highest BCUT2D eigenvalue weighted by Gasteiger charge is 2.26. The van der Waals surface area contributed by atoms with E-state index in [2.05, 4.69) is 30.7 Å². The predicted molar refractivity (Wildman–Crippen MR) is 58.2 cm³/mol. The topological polar surface area (TPSA) is 64.9 Å². The minimum absolute atomic E-state index is 0.0686. The van der Waals surface area contributed by atoms with Gasteiger partial charge >= 0.3 is 0 Å². The van der Waals surface area contributed by atoms with E-state index in [4.69, 9.17) is 10.2 Å². The Balaban J connectivity index is 2.45. The van der Waals surface area contributed by atoms with Crippen LogP contribution in [0.25, 0.3) is 11.2 Å². The molecule has 0 aliphatic rings. The molecular weight excluding hydrogens is 190 g/mol. The third-order valence-corrected chi connectivity index (χ3v) is 2.38. The van der Waals surface area contributed by atoms with Crippen LogP contribution >= 0.6 is 0 Å². The molecular formula is C11H15N3O. The molecule has 0 aliphatic heterocycles. The van der Waals surface area contributed by atoms with Crippen molar-refractivity contribution in [3.05, 3.63) is 24.2 Å². The van der Waals surface area contributed by atoms with E-state index in [1.54, 1.807) is 6.20 Å². The lowest BCUT2D eigenvalue weighted by molar-refractivity contribution is 0.282. The van der Waals surface area contributed by atoms with Crippen molar-refractivity contribution in [2.75, 3.05) is 0 Å². The molecule has 4 nitrogen and oxygen atoms in total. The largest absolute Gasteiger partial charge is 0.437 e. The van der Waals surface area contributed by atoms with Crippen LogP contribution in [0.15, 0.2) is 22.7 Å². The lowest BCUT2D eigenvalue weighted by Crippen LogP contribution is -2.26. The number of oxazole rings is 1. The summed E-state index contributed by atoms with van der Waals surface area (Å²) in [5, 5.41) is 0. The Morgan fingerprint density at radius 3 is 2.73 bits per heavy atom. The molecule has 0 fully saturated rings. The first-order valence-electron chi connectivity index (χ1n) is 4.95. The zero-order valence-electron chi connectivity index (χ0n) is 9.19. The van der Waals surface area contributed by atoms with Gasteiger partial charge in [0.05, 0.1) is 6.04 Å². The smallest absolute Gasteiger partial charge is 0.214 e. The van der Waals surface area contributed by atoms with E-state index in [0.717, 1.165) is 0 Å². The third kappa shape index (κ3) is 1.85. The van der Waals surface area contributed by atoms with Crippen LogP contribution in [0.5, 0.6) is 0 Å². The Morgan fingerprint density at radius 2 is 2.13 bits per heavy atom. The molecule has 2 aromatic heterocycles. The number of fused-ring (bicyclic) bond motifs is 1. The van der Waals surface area contributed by atoms with Gasteiger partial charge in [0.2, 0.25) is 5.89 Å². The van der Waals surface area contributed by atoms with Gasteiger partial charge in [0.15, 0.2) is 11.2 Å². The van der Waals surface area contributed by atoms with Crippen LogP contribution in [0.3, 0.4) is 0 Å². The first-order chi connectivity index (χ1) is 6.98. The summed E-state index contributed by atoms with van der Waals surface area (Å²) in [5.41, 5.74) is 7.29. The summed E-state index contributed by atoms with van der Waals surface area (Å²) in [6, 6.07) is 3.44. The maximum atomic E-state index is 6.05. The highest BCUT2D eigenvalue weighted by molar-refractivity contribution is 5.66. The van der Waals surface area contributed by atoms with E-state index in [1.807, 2.05) is 12.1 Å². The van der Waals surface area contributed by atoms with E-state index in [1.165, 1.54) is 0 Å². The average molecular weight is 205 g/mol. The molecule has 1 unspecified atom stereocenters. The van der Waals surface area contributed by atoms with Gasteiger partial charge in [0.25, 0.3) is 0 Å². The summed E-state index contributed by atoms with van der Waals surface area (Å²) in [6.45, 7) is 6.17. The van der Waals surface area contributed by atoms with Gasteiger partial charge in [-0.05, 0) is 17.5 Å². The second-order valence-electron chi connectivity index (χ2n) is 4.72. The van der Waals surface area contributed by atoms with E-state index in [0.29, 0.717) is 17.1 Å². The molecule has 80 valence electrons. The molecule has 0 bridgehead atoms. The Hall–Kier alpha value is -1.42. The molecule has 0 radical (unpaired) electrons. The molecule has 0 spiro atoms. The molecule has 2 N–H and O–H groups in total. The number of hydrogen-bond donors (Lipinski definition) is 1. The molecule has 0 amide bonds. The SMILES string of the molecule is CC(C)(C)C(N)c1nc2ncccc2o1. The first-order valence-corrected chi connectivity index (χ1v) is 4.95. The number of rotatable bonds is 1. The normalized spacial score (nSPS) is 14.4. The summed E-state index contributed by atoms with van der Waals surface area (Å²) in [6.07, 6.45) is 1.69. The van der Waals surface area contributed by atoms with Gasteiger partial charge in [0, 0.05) is 6.20 Å². The molecule has 15 heavy (non-hydrogen) atoms. The van der Waals surface area contributed by atoms with Crippen LogP contribution in [-0.4, -0.2) is 9.97 Å². The van der Waals surface area contributed by atoms with Crippen molar-refractivity contribution in [1.29, 1.82) is 0 Å². The van der Waals surface area contributed by atoms with Crippen molar-refractivity contribution in [1.82, 2.24) is 9.97 Å². The standard InChI is InChI=1S/C11H15N3O/c1-11(2,3)8(12)10-14-9-7(15-10)5-4-6-13-9/h4-6,8H,12H2,1-3H3. The van der Waals surface area contributed by atoms with Gasteiger partial charge in [-0.1, -0.05) is 20.8 Å². The van der Waals surface area contributed by atoms with Crippen LogP contribution in [0.4, 0.5) is 0 Å². The molecule has 0 saturated heterocycles. The molecule has 0 saturated carbocycles. The first kappa shape index (κ1) is 10.1. The highest BCUT2D eigenvalue weighted by Crippen LogP contribution is 2.30. The van der Waals surface area contributed by atoms with E-state index in [-0.39, 0.29) is 11.5 Å². The lowest BCUT2D eigenvalue weighted by Gasteiger charge is -2.23. The monoisotopic (exact) mass is 205 g/mol. The van der Waals surface area contributed by atoms with Crippen molar-refractivity contribution in [3.63, 3.8) is 0 Å². The van der Waals surface area contributed by atoms with Crippen LogP contribution in [0, 0.1) is 5.41 Å². The molecule has 2 rings (SSSR count). The average Bonchev–Trinajstić information content (AvgIpc) is 2.58. The Morgan fingerprint density at radius 1 is 1.40 bits per heavy atom. The van der Waals surface area contributed by atoms with Gasteiger partial charge < -0.3 is 10.2 Å². The summed E-state index contributed by atoms with van der Waals surface area (Å²) in [7, 11) is 0. The molecule has 4 heteroatoms. The summed E-state index contributed by atoms with van der Waals surface area (Å²) < 4.78 is 5.56. The summed E-state index contributed by atoms with van der Waals surface area (Å²) in [5.74, 6) is 0.552. The van der Waals surface area contributed by atoms with Crippen molar-refractivity contribution >= 4 is 11.2 Å². The Bertz CT molecular complexity index is 437. The Kier molecular flexibility index (Phi) is 2.23. The molecule has 2 aromatic rings. The van der Waals surface area contributed by atoms with Gasteiger partial charge in [-0.2, -0.15) is 4.98 Å². The van der Waals surface area contributed by atoms with Crippen molar-refractivity contribution in [3.8, 4) is 0 Å². The Labute approximate surface area is 88.5 Å². The van der Waals surface area contributed by atoms with Crippen molar-refractivity contribution < 1.29 is 4.42 Å². The van der Waals surface area contributed by atoms with E-state index in [9.17, 15) is 0 Å². The van der Waals surface area contributed by atoms with Crippen molar-refractivity contribution in [2.45, 2.75) is 26.8 Å². The minimum atomic E-state index is -0.216. The maximum absolute atomic E-state index is 6.05. The fourth-order valence-corrected chi connectivity index (χ4v) is 1.29. The van der Waals surface area contributed by atoms with Gasteiger partial charge in [-0.25, -0.2) is 4.98 Å². The number of nitrogens with zero attached hydrogens (tertiary/aromatic N) is 2. The van der Waals surface area contributed by atoms with E-state index >= 15 is 0 Å². The molecule has 0 aliphatic carbocycles. The second kappa shape index (κ2) is 3.31. The van der Waals surface area contributed by atoms with Crippen LogP contribution in [0.1, 0.15) is 32.7 Å². The van der Waals surface area contributed by atoms with Crippen LogP contribution < -0.4 is 5.73 Å². The fraction of sp³-hybridized carbons (Fsp3) is 0.455. The van der Waals surface area contributed by atoms with Gasteiger partial charge in [0.1, 0.15) is 0 Å². The van der Waals surface area contributed by atoms with Gasteiger partial charge in [-0.3, -0.25) is 0 Å². The summed E-state index contributed by atoms with van der Waals surface area (Å²) in [4.78, 5) is 8.38. The molecule has 0 aromatic carbocycles. The number of nitrogens with two attached hydrogens (primary N) is 1. The lowest BCUT2D eigenvalue weighted by atomic mass is 9.87. The fourth-order valence-electron chi connectivity index (χ4n) is 1.29. The van der Waals surface area contributed by atoms with Crippen LogP contribution in [-0.2, 0) is 0 Å². The zero-order valence-corrected chi connectivity index (χ0v) is 9.19. The number of hydrogen-bond acceptors (Lipinski definition) is 4. The van der Waals surface area contributed by atoms with Gasteiger partial charge in [-0.15, -0.1) is 0 Å². The second-order valence-corrected chi connectivity index (χ2v) is 4.72. The van der Waals surface area contributed by atoms with Crippen molar-refractivity contribution in [2.24, 2.45) is 11.1 Å². The zero-order chi connectivity index (χ0) is 11.1. The summed E-state index contributed by atoms with van der Waals surface area (Å²) >= 11 is 0. The minimum Gasteiger partial charge on any atom is -0.437 e. The van der Waals surface area contributed by atoms with E-state index < -0.39 is 0 Å². The number of pyridine rings is 1. The molecule has 2 heterocycles.